The largest absolute Gasteiger partial charge is 0.478 e. The second-order valence-electron chi connectivity index (χ2n) is 39.5. The van der Waals surface area contributed by atoms with Crippen LogP contribution in [0.25, 0.3) is 0 Å². The van der Waals surface area contributed by atoms with Gasteiger partial charge in [0.2, 0.25) is 0 Å². The summed E-state index contributed by atoms with van der Waals surface area (Å²) in [7, 11) is 1.69. The van der Waals surface area contributed by atoms with Crippen molar-refractivity contribution in [2.45, 2.75) is 134 Å². The molecule has 26 nitrogen and oxygen atoms in total. The number of aromatic carboxylic acids is 1. The van der Waals surface area contributed by atoms with Crippen LogP contribution in [-0.2, 0) is 47.1 Å². The zero-order valence-electron chi connectivity index (χ0n) is 81.1. The fraction of sp³-hybridized carbons (Fsp3) is 0.411. The van der Waals surface area contributed by atoms with Gasteiger partial charge in [-0.3, -0.25) is 19.0 Å². The number of carboxylic acid groups (broad SMARTS) is 1. The summed E-state index contributed by atoms with van der Waals surface area (Å²) in [6.07, 6.45) is 15.6. The molecule has 0 spiro atoms. The number of hydrogen-bond acceptors (Lipinski definition) is 23. The predicted molar refractivity (Wildman–Crippen MR) is 533 cm³/mol. The summed E-state index contributed by atoms with van der Waals surface area (Å²) in [5.74, 6) is 7.68. The number of carbonyl (C=O) groups excluding carboxylic acids is 3. The molecule has 12 unspecified atom stereocenters. The molecule has 29 heteroatoms. The van der Waals surface area contributed by atoms with Crippen LogP contribution >= 0.6 is 15.9 Å². The summed E-state index contributed by atoms with van der Waals surface area (Å²) in [5, 5.41) is 92.0. The Balaban J connectivity index is 0.000000122. The van der Waals surface area contributed by atoms with Crippen LogP contribution in [0.4, 0.5) is 42.9 Å². The van der Waals surface area contributed by atoms with E-state index in [9.17, 15) is 59.5 Å². The number of piperidine rings is 6. The van der Waals surface area contributed by atoms with Gasteiger partial charge in [0.15, 0.2) is 0 Å². The number of nitrogens with zero attached hydrogens (tertiary/aromatic N) is 18. The number of ether oxygens (including phenoxy) is 3. The standard InChI is InChI=1S/C28H30N4O.C20H22N4O2.C18H18N4O2.C15H18N2O.C14H14N2O.C9H6FNO.C8H5BrFN/c1-17-19(3-5-27(25(17)9-29)31-11-21-7-22(21)12-31)15-33-16-20-4-6-28(26(10-30)18(20)2)32-13-23-8-24(23)14-32;1-3-26-20(25)17-8-22-24(12-17)11-14-4-5-19(18(7-21)13(14)2)23-9-15-6-16(15)10-23;1-11-12(9-22-10-15(6-20-22)18(23)24)2-3-17(16(11)5-19)21-7-13-4-14(13)8-21;1-10-11(9-18-2)3-4-15(14(10)6-16)17-7-12-5-13(12)8-17;1-9-10(8-17)2-3-14(13(9)5-15)16-6-11-4-12(11)7-16;1-6-7(5-12)2-3-9(10)8(6)4-11;1-5-6(4-11)8(10)3-2-7(5)9/h3-6,21-24H,7-8,11-16H2,1-2H3;4-5,8,12,15-16H,3,6,9-11H2,1-2H3;2-3,6,10,13-14H,4,7-9H2,1H3,(H,23,24);3-4,12-13H,5,7-9H2,1-2H3;2-3,8,11-12H,4,6-7H2,1H3;2-3,5H,1H3;2-3H,1H3. The highest BCUT2D eigenvalue weighted by molar-refractivity contribution is 9.10. The number of rotatable bonds is 21. The molecule has 6 saturated heterocycles. The van der Waals surface area contributed by atoms with E-state index < -0.39 is 17.6 Å². The molecule has 0 amide bonds. The zero-order chi connectivity index (χ0) is 100. The number of carbonyl (C=O) groups is 4. The first-order valence-corrected chi connectivity index (χ1v) is 49.0. The molecule has 720 valence electrons. The molecule has 1 N–H and O–H groups in total. The van der Waals surface area contributed by atoms with Gasteiger partial charge in [-0.15, -0.1) is 0 Å². The molecule has 6 aliphatic heterocycles. The SMILES string of the molecule is CCOC(=O)c1cnn(Cc2ccc(N3CC4CC4C3)c(C#N)c2C)c1.COCc1ccc(N2CC3CC3C2)c(C#N)c1C.Cc1c(Br)ccc(F)c1C#N.Cc1c(C=O)ccc(F)c1C#N.Cc1c(C=O)ccc(N2CC3CC3C2)c1C#N.Cc1c(COCc2ccc(N3CC4CC4C3)c(C#N)c2C)ccc(N2CC3CC3C2)c1C#N.Cc1c(Cn2cc(C(=O)O)cn2)ccc(N2CC3CC3C2)c1C#N. The number of aldehydes is 2. The third-order valence-electron chi connectivity index (χ3n) is 30.6. The number of hydrogen-bond donors (Lipinski definition) is 1. The van der Waals surface area contributed by atoms with Crippen LogP contribution in [0.3, 0.4) is 0 Å². The van der Waals surface area contributed by atoms with Gasteiger partial charge in [0.05, 0.1) is 142 Å². The lowest BCUT2D eigenvalue weighted by Crippen LogP contribution is -2.23. The van der Waals surface area contributed by atoms with Gasteiger partial charge in [-0.1, -0.05) is 46.3 Å². The molecule has 10 aromatic rings. The van der Waals surface area contributed by atoms with Gasteiger partial charge in [0.25, 0.3) is 0 Å². The number of aromatic nitrogens is 4. The highest BCUT2D eigenvalue weighted by Gasteiger charge is 2.50. The van der Waals surface area contributed by atoms with Crippen molar-refractivity contribution in [3.05, 3.63) is 277 Å². The number of carboxylic acids is 1. The molecule has 2 aromatic heterocycles. The van der Waals surface area contributed by atoms with Gasteiger partial charge in [0, 0.05) is 114 Å². The number of methoxy groups -OCH3 is 1. The Morgan fingerprint density at radius 2 is 0.638 bits per heavy atom. The average Bonchev–Trinajstić information content (AvgIpc) is 1.64. The average molecular weight is 1960 g/mol. The zero-order valence-corrected chi connectivity index (χ0v) is 82.7. The molecule has 12 atom stereocenters. The number of anilines is 6. The number of benzene rings is 8. The van der Waals surface area contributed by atoms with Crippen LogP contribution in [0.5, 0.6) is 0 Å². The fourth-order valence-electron chi connectivity index (χ4n) is 21.2. The second kappa shape index (κ2) is 43.0. The van der Waals surface area contributed by atoms with E-state index in [1.807, 2.05) is 65.8 Å². The van der Waals surface area contributed by atoms with Crippen LogP contribution in [0, 0.1) is 229 Å². The number of nitriles is 8. The minimum absolute atomic E-state index is 0.0559. The van der Waals surface area contributed by atoms with Gasteiger partial charge < -0.3 is 48.7 Å². The molecule has 6 saturated carbocycles. The number of fused-ring (bicyclic) bond motifs is 6. The van der Waals surface area contributed by atoms with Crippen molar-refractivity contribution >= 4 is 74.6 Å². The van der Waals surface area contributed by atoms with E-state index in [0.717, 1.165) is 290 Å². The van der Waals surface area contributed by atoms with E-state index in [1.165, 1.54) is 69.2 Å². The van der Waals surface area contributed by atoms with Gasteiger partial charge >= 0.3 is 11.9 Å². The highest BCUT2D eigenvalue weighted by atomic mass is 79.9. The predicted octanol–water partition coefficient (Wildman–Crippen LogP) is 18.9. The molecular formula is C112H113BrF2N18O8. The van der Waals surface area contributed by atoms with E-state index in [4.69, 9.17) is 29.8 Å². The Bertz CT molecular complexity index is 6780. The Kier molecular flexibility index (Phi) is 30.4. The monoisotopic (exact) mass is 1950 g/mol. The van der Waals surface area contributed by atoms with Crippen LogP contribution < -0.4 is 29.4 Å². The van der Waals surface area contributed by atoms with Gasteiger partial charge in [0.1, 0.15) is 72.8 Å². The quantitative estimate of drug-likeness (QED) is 0.0516. The van der Waals surface area contributed by atoms with E-state index >= 15 is 0 Å². The van der Waals surface area contributed by atoms with E-state index in [-0.39, 0.29) is 22.7 Å². The Labute approximate surface area is 830 Å². The molecule has 12 aliphatic rings. The maximum atomic E-state index is 12.8. The lowest BCUT2D eigenvalue weighted by molar-refractivity contribution is 0.0525. The summed E-state index contributed by atoms with van der Waals surface area (Å²) >= 11 is 3.20. The van der Waals surface area contributed by atoms with Crippen molar-refractivity contribution in [3.8, 4) is 48.6 Å². The first-order chi connectivity index (χ1) is 68.1. The molecule has 12 fully saturated rings. The normalized spacial score (nSPS) is 21.4. The summed E-state index contributed by atoms with van der Waals surface area (Å²) in [5.41, 5.74) is 24.7. The van der Waals surface area contributed by atoms with E-state index in [2.05, 4.69) is 140 Å². The van der Waals surface area contributed by atoms with Crippen LogP contribution in [0.1, 0.15) is 204 Å². The van der Waals surface area contributed by atoms with Crippen LogP contribution in [-0.4, -0.2) is 141 Å². The van der Waals surface area contributed by atoms with Crippen LogP contribution in [0.15, 0.2) is 126 Å². The van der Waals surface area contributed by atoms with E-state index in [1.54, 1.807) is 61.6 Å². The topological polar surface area (TPSA) is 362 Å². The Hall–Kier alpha value is -14.6. The summed E-state index contributed by atoms with van der Waals surface area (Å²) in [6.45, 7) is 32.7. The van der Waals surface area contributed by atoms with Crippen molar-refractivity contribution in [3.63, 3.8) is 0 Å². The molecule has 0 radical (unpaired) electrons. The summed E-state index contributed by atoms with van der Waals surface area (Å²) in [4.78, 5) is 58.1. The first kappa shape index (κ1) is 99.5. The fourth-order valence-corrected chi connectivity index (χ4v) is 21.5. The molecule has 0 bridgehead atoms. The van der Waals surface area contributed by atoms with Crippen molar-refractivity contribution in [2.24, 2.45) is 71.0 Å². The lowest BCUT2D eigenvalue weighted by Gasteiger charge is -2.24. The minimum Gasteiger partial charge on any atom is -0.478 e. The molecule has 8 heterocycles. The third kappa shape index (κ3) is 21.9. The molecule has 22 rings (SSSR count). The molecule has 141 heavy (non-hydrogen) atoms. The second-order valence-corrected chi connectivity index (χ2v) is 40.3. The first-order valence-electron chi connectivity index (χ1n) is 48.2. The maximum absolute atomic E-state index is 12.8. The molecule has 8 aromatic carbocycles. The van der Waals surface area contributed by atoms with Gasteiger partial charge in [-0.2, -0.15) is 52.3 Å². The van der Waals surface area contributed by atoms with Crippen LogP contribution in [0.2, 0.25) is 0 Å². The lowest BCUT2D eigenvalue weighted by atomic mass is 10.00. The maximum Gasteiger partial charge on any atom is 0.341 e. The summed E-state index contributed by atoms with van der Waals surface area (Å²) < 4.78 is 45.9. The molecular weight excluding hydrogens is 1840 g/mol. The minimum atomic E-state index is -0.987. The Morgan fingerprint density at radius 1 is 0.376 bits per heavy atom. The molecule has 6 aliphatic carbocycles. The summed E-state index contributed by atoms with van der Waals surface area (Å²) in [6, 6.07) is 47.6. The van der Waals surface area contributed by atoms with Gasteiger partial charge in [-0.05, 0) is 311 Å². The smallest absolute Gasteiger partial charge is 0.341 e. The highest BCUT2D eigenvalue weighted by Crippen LogP contribution is 2.53. The van der Waals surface area contributed by atoms with Crippen molar-refractivity contribution in [1.29, 1.82) is 42.1 Å². The van der Waals surface area contributed by atoms with E-state index in [0.29, 0.717) is 79.2 Å². The van der Waals surface area contributed by atoms with Crippen molar-refractivity contribution < 1.29 is 47.3 Å². The van der Waals surface area contributed by atoms with Gasteiger partial charge in [-0.25, -0.2) is 18.4 Å². The third-order valence-corrected chi connectivity index (χ3v) is 31.5. The Morgan fingerprint density at radius 3 is 0.929 bits per heavy atom. The van der Waals surface area contributed by atoms with Crippen molar-refractivity contribution in [1.82, 2.24) is 19.6 Å². The number of halogens is 3. The van der Waals surface area contributed by atoms with Crippen molar-refractivity contribution in [2.75, 3.05) is 122 Å². The number of esters is 1.